The molecule has 3 rings (SSSR count). The summed E-state index contributed by atoms with van der Waals surface area (Å²) in [5.41, 5.74) is 2.21. The number of hydrogen-bond acceptors (Lipinski definition) is 6. The van der Waals surface area contributed by atoms with Gasteiger partial charge in [0.2, 0.25) is 0 Å². The lowest BCUT2D eigenvalue weighted by Gasteiger charge is -2.39. The first-order chi connectivity index (χ1) is 13.6. The van der Waals surface area contributed by atoms with E-state index in [-0.39, 0.29) is 11.8 Å². The molecule has 6 heteroatoms. The zero-order chi connectivity index (χ0) is 20.3. The third-order valence-electron chi connectivity index (χ3n) is 5.55. The molecule has 1 aliphatic carbocycles. The van der Waals surface area contributed by atoms with Crippen LogP contribution in [-0.4, -0.2) is 42.7 Å². The van der Waals surface area contributed by atoms with Gasteiger partial charge in [0.05, 0.1) is 42.7 Å². The maximum atomic E-state index is 5.65. The van der Waals surface area contributed by atoms with Crippen molar-refractivity contribution in [2.24, 2.45) is 0 Å². The van der Waals surface area contributed by atoms with Crippen LogP contribution < -0.4 is 28.4 Å². The second-order valence-electron chi connectivity index (χ2n) is 6.69. The van der Waals surface area contributed by atoms with Crippen LogP contribution in [0.25, 0.3) is 0 Å². The first kappa shape index (κ1) is 20.0. The first-order valence-electron chi connectivity index (χ1n) is 9.21. The van der Waals surface area contributed by atoms with Crippen molar-refractivity contribution in [3.8, 4) is 34.5 Å². The Morgan fingerprint density at radius 1 is 0.464 bits per heavy atom. The summed E-state index contributed by atoms with van der Waals surface area (Å²) in [4.78, 5) is 0. The van der Waals surface area contributed by atoms with Crippen LogP contribution in [0.3, 0.4) is 0 Å². The summed E-state index contributed by atoms with van der Waals surface area (Å²) in [5, 5.41) is 0. The molecule has 2 aromatic rings. The van der Waals surface area contributed by atoms with E-state index in [1.807, 2.05) is 24.3 Å². The fourth-order valence-corrected chi connectivity index (χ4v) is 3.93. The minimum atomic E-state index is 0.279. The number of ether oxygens (including phenoxy) is 6. The molecule has 2 unspecified atom stereocenters. The summed E-state index contributed by atoms with van der Waals surface area (Å²) in [6, 6.07) is 7.80. The lowest BCUT2D eigenvalue weighted by Crippen LogP contribution is -2.23. The Kier molecular flexibility index (Phi) is 6.07. The van der Waals surface area contributed by atoms with Crippen molar-refractivity contribution in [3.63, 3.8) is 0 Å². The predicted molar refractivity (Wildman–Crippen MR) is 107 cm³/mol. The third-order valence-corrected chi connectivity index (χ3v) is 5.55. The van der Waals surface area contributed by atoms with Crippen LogP contribution in [-0.2, 0) is 0 Å². The summed E-state index contributed by atoms with van der Waals surface area (Å²) in [5.74, 6) is 4.86. The van der Waals surface area contributed by atoms with Crippen LogP contribution in [0, 0.1) is 0 Å². The molecule has 0 radical (unpaired) electrons. The second-order valence-corrected chi connectivity index (χ2v) is 6.69. The van der Waals surface area contributed by atoms with Crippen molar-refractivity contribution >= 4 is 0 Å². The van der Waals surface area contributed by atoms with E-state index in [1.165, 1.54) is 0 Å². The Hall–Kier alpha value is -2.76. The quantitative estimate of drug-likeness (QED) is 0.668. The van der Waals surface area contributed by atoms with E-state index in [0.717, 1.165) is 35.5 Å². The molecule has 152 valence electrons. The van der Waals surface area contributed by atoms with Gasteiger partial charge in [-0.25, -0.2) is 0 Å². The first-order valence-corrected chi connectivity index (χ1v) is 9.21. The van der Waals surface area contributed by atoms with Crippen LogP contribution in [0.2, 0.25) is 0 Å². The van der Waals surface area contributed by atoms with E-state index in [1.54, 1.807) is 42.7 Å². The smallest absolute Gasteiger partial charge is 0.164 e. The molecule has 0 saturated heterocycles. The normalized spacial score (nSPS) is 18.1. The molecule has 6 nitrogen and oxygen atoms in total. The average molecular weight is 388 g/mol. The van der Waals surface area contributed by atoms with E-state index < -0.39 is 0 Å². The minimum absolute atomic E-state index is 0.279. The molecule has 2 aromatic carbocycles. The Morgan fingerprint density at radius 2 is 0.750 bits per heavy atom. The Labute approximate surface area is 166 Å². The summed E-state index contributed by atoms with van der Waals surface area (Å²) in [7, 11) is 9.88. The molecule has 1 fully saturated rings. The van der Waals surface area contributed by atoms with E-state index in [0.29, 0.717) is 23.0 Å². The fraction of sp³-hybridized carbons (Fsp3) is 0.455. The number of methoxy groups -OCH3 is 6. The molecule has 0 aromatic heterocycles. The average Bonchev–Trinajstić information content (AvgIpc) is 2.72. The van der Waals surface area contributed by atoms with Gasteiger partial charge in [-0.2, -0.15) is 0 Å². The molecule has 0 aliphatic heterocycles. The van der Waals surface area contributed by atoms with E-state index in [2.05, 4.69) is 0 Å². The van der Waals surface area contributed by atoms with Crippen molar-refractivity contribution in [2.45, 2.75) is 24.7 Å². The SMILES string of the molecule is COc1cc(OC)c(C2CCC2c2cc(OC)c(OC)cc2OC)cc1OC. The van der Waals surface area contributed by atoms with Crippen molar-refractivity contribution < 1.29 is 28.4 Å². The van der Waals surface area contributed by atoms with Crippen LogP contribution >= 0.6 is 0 Å². The van der Waals surface area contributed by atoms with E-state index >= 15 is 0 Å². The van der Waals surface area contributed by atoms with Gasteiger partial charge in [-0.1, -0.05) is 0 Å². The zero-order valence-electron chi connectivity index (χ0n) is 17.3. The van der Waals surface area contributed by atoms with Gasteiger partial charge in [0.25, 0.3) is 0 Å². The number of benzene rings is 2. The van der Waals surface area contributed by atoms with Crippen molar-refractivity contribution in [2.75, 3.05) is 42.7 Å². The van der Waals surface area contributed by atoms with Crippen molar-refractivity contribution in [1.29, 1.82) is 0 Å². The van der Waals surface area contributed by atoms with Gasteiger partial charge in [0, 0.05) is 23.3 Å². The maximum absolute atomic E-state index is 5.65. The molecule has 0 bridgehead atoms. The van der Waals surface area contributed by atoms with Gasteiger partial charge in [-0.3, -0.25) is 0 Å². The fourth-order valence-electron chi connectivity index (χ4n) is 3.93. The topological polar surface area (TPSA) is 55.4 Å². The molecular weight excluding hydrogens is 360 g/mol. The maximum Gasteiger partial charge on any atom is 0.164 e. The molecule has 1 aliphatic rings. The van der Waals surface area contributed by atoms with Gasteiger partial charge in [0.1, 0.15) is 11.5 Å². The van der Waals surface area contributed by atoms with Crippen LogP contribution in [0.5, 0.6) is 34.5 Å². The Morgan fingerprint density at radius 3 is 1.00 bits per heavy atom. The van der Waals surface area contributed by atoms with Gasteiger partial charge in [-0.15, -0.1) is 0 Å². The highest BCUT2D eigenvalue weighted by molar-refractivity contribution is 5.56. The lowest BCUT2D eigenvalue weighted by molar-refractivity contribution is 0.305. The van der Waals surface area contributed by atoms with Gasteiger partial charge in [-0.05, 0) is 36.8 Å². The van der Waals surface area contributed by atoms with Gasteiger partial charge >= 0.3 is 0 Å². The Bertz CT molecular complexity index is 763. The summed E-state index contributed by atoms with van der Waals surface area (Å²) in [6.45, 7) is 0. The summed E-state index contributed by atoms with van der Waals surface area (Å²) >= 11 is 0. The molecule has 0 spiro atoms. The van der Waals surface area contributed by atoms with Gasteiger partial charge < -0.3 is 28.4 Å². The van der Waals surface area contributed by atoms with Crippen LogP contribution in [0.15, 0.2) is 24.3 Å². The van der Waals surface area contributed by atoms with E-state index in [9.17, 15) is 0 Å². The van der Waals surface area contributed by atoms with Crippen molar-refractivity contribution in [1.82, 2.24) is 0 Å². The second kappa shape index (κ2) is 8.50. The lowest BCUT2D eigenvalue weighted by atomic mass is 9.66. The monoisotopic (exact) mass is 388 g/mol. The predicted octanol–water partition coefficient (Wildman–Crippen LogP) is 4.40. The standard InChI is InChI=1S/C22H28O6/c1-23-17-11-21(27-5)19(25-3)9-15(17)13-7-8-14(13)16-10-20(26-4)22(28-6)12-18(16)24-2/h9-14H,7-8H2,1-6H3. The highest BCUT2D eigenvalue weighted by Crippen LogP contribution is 2.56. The molecule has 0 amide bonds. The van der Waals surface area contributed by atoms with Crippen LogP contribution in [0.4, 0.5) is 0 Å². The van der Waals surface area contributed by atoms with Crippen molar-refractivity contribution in [3.05, 3.63) is 35.4 Å². The highest BCUT2D eigenvalue weighted by Gasteiger charge is 2.38. The third kappa shape index (κ3) is 3.39. The summed E-state index contributed by atoms with van der Waals surface area (Å²) < 4.78 is 33.1. The molecular formula is C22H28O6. The molecule has 28 heavy (non-hydrogen) atoms. The molecule has 0 heterocycles. The van der Waals surface area contributed by atoms with Crippen LogP contribution in [0.1, 0.15) is 35.8 Å². The number of hydrogen-bond donors (Lipinski definition) is 0. The molecule has 2 atom stereocenters. The summed E-state index contributed by atoms with van der Waals surface area (Å²) in [6.07, 6.45) is 2.10. The largest absolute Gasteiger partial charge is 0.496 e. The molecule has 1 saturated carbocycles. The number of rotatable bonds is 8. The highest BCUT2D eigenvalue weighted by atomic mass is 16.5. The Balaban J connectivity index is 2.04. The van der Waals surface area contributed by atoms with Gasteiger partial charge in [0.15, 0.2) is 23.0 Å². The van der Waals surface area contributed by atoms with E-state index in [4.69, 9.17) is 28.4 Å². The minimum Gasteiger partial charge on any atom is -0.496 e. The molecule has 0 N–H and O–H groups in total. The zero-order valence-corrected chi connectivity index (χ0v) is 17.3.